The Hall–Kier alpha value is -3.53. The van der Waals surface area contributed by atoms with Crippen LogP contribution < -0.4 is 15.2 Å². The van der Waals surface area contributed by atoms with Gasteiger partial charge >= 0.3 is 5.97 Å². The van der Waals surface area contributed by atoms with Gasteiger partial charge in [-0.2, -0.15) is 0 Å². The van der Waals surface area contributed by atoms with Gasteiger partial charge in [0.2, 0.25) is 0 Å². The van der Waals surface area contributed by atoms with Crippen molar-refractivity contribution in [1.29, 1.82) is 0 Å². The number of rotatable bonds is 6. The molecule has 1 atom stereocenters. The molecule has 1 aliphatic heterocycles. The molecule has 0 saturated heterocycles. The van der Waals surface area contributed by atoms with Crippen LogP contribution in [0.25, 0.3) is 10.2 Å². The van der Waals surface area contributed by atoms with Gasteiger partial charge in [-0.25, -0.2) is 9.78 Å². The lowest BCUT2D eigenvalue weighted by atomic mass is 10.1. The summed E-state index contributed by atoms with van der Waals surface area (Å²) in [4.78, 5) is 57.3. The molecule has 1 unspecified atom stereocenters. The van der Waals surface area contributed by atoms with Gasteiger partial charge in [0.15, 0.2) is 11.9 Å². The SMILES string of the molecule is Cc1c(C(=O)OCC(C)C)sc2ncn(CC(=O)c3ccc4c(c3)N(C)C(=O)C(C)O4)c(=O)c12. The molecule has 34 heavy (non-hydrogen) atoms. The highest BCUT2D eigenvalue weighted by molar-refractivity contribution is 7.20. The van der Waals surface area contributed by atoms with Crippen LogP contribution in [0.1, 0.15) is 46.4 Å². The molecule has 0 bridgehead atoms. The van der Waals surface area contributed by atoms with Gasteiger partial charge in [-0.05, 0) is 43.5 Å². The Morgan fingerprint density at radius 3 is 2.71 bits per heavy atom. The van der Waals surface area contributed by atoms with Crippen LogP contribution in [0.2, 0.25) is 0 Å². The lowest BCUT2D eigenvalue weighted by Crippen LogP contribution is -2.42. The van der Waals surface area contributed by atoms with Crippen molar-refractivity contribution in [2.75, 3.05) is 18.6 Å². The van der Waals surface area contributed by atoms with E-state index in [1.807, 2.05) is 13.8 Å². The van der Waals surface area contributed by atoms with Crippen LogP contribution in [0.3, 0.4) is 0 Å². The number of benzene rings is 1. The lowest BCUT2D eigenvalue weighted by molar-refractivity contribution is -0.125. The fraction of sp³-hybridized carbons (Fsp3) is 0.375. The highest BCUT2D eigenvalue weighted by atomic mass is 32.1. The van der Waals surface area contributed by atoms with Crippen LogP contribution >= 0.6 is 11.3 Å². The Balaban J connectivity index is 1.62. The first-order valence-electron chi connectivity index (χ1n) is 10.9. The van der Waals surface area contributed by atoms with E-state index in [0.29, 0.717) is 37.7 Å². The highest BCUT2D eigenvalue weighted by Gasteiger charge is 2.29. The zero-order chi connectivity index (χ0) is 24.7. The van der Waals surface area contributed by atoms with Crippen molar-refractivity contribution in [3.63, 3.8) is 0 Å². The van der Waals surface area contributed by atoms with E-state index in [-0.39, 0.29) is 30.8 Å². The Morgan fingerprint density at radius 2 is 2.00 bits per heavy atom. The summed E-state index contributed by atoms with van der Waals surface area (Å²) in [7, 11) is 1.62. The average Bonchev–Trinajstić information content (AvgIpc) is 3.14. The Morgan fingerprint density at radius 1 is 1.26 bits per heavy atom. The van der Waals surface area contributed by atoms with Crippen molar-refractivity contribution in [3.8, 4) is 5.75 Å². The van der Waals surface area contributed by atoms with Crippen LogP contribution in [0.5, 0.6) is 5.75 Å². The lowest BCUT2D eigenvalue weighted by Gasteiger charge is -2.30. The van der Waals surface area contributed by atoms with E-state index in [9.17, 15) is 19.2 Å². The summed E-state index contributed by atoms with van der Waals surface area (Å²) in [5.74, 6) is -0.317. The zero-order valence-electron chi connectivity index (χ0n) is 19.6. The van der Waals surface area contributed by atoms with Crippen LogP contribution in [0.15, 0.2) is 29.3 Å². The fourth-order valence-corrected chi connectivity index (χ4v) is 4.74. The van der Waals surface area contributed by atoms with E-state index < -0.39 is 17.6 Å². The van der Waals surface area contributed by atoms with Crippen molar-refractivity contribution >= 4 is 44.9 Å². The van der Waals surface area contributed by atoms with E-state index in [4.69, 9.17) is 9.47 Å². The minimum absolute atomic E-state index is 0.191. The summed E-state index contributed by atoms with van der Waals surface area (Å²) >= 11 is 1.10. The van der Waals surface area contributed by atoms with Gasteiger partial charge in [0.05, 0.1) is 30.6 Å². The van der Waals surface area contributed by atoms with Crippen molar-refractivity contribution in [2.24, 2.45) is 5.92 Å². The van der Waals surface area contributed by atoms with E-state index in [1.54, 1.807) is 39.1 Å². The largest absolute Gasteiger partial charge is 0.479 e. The van der Waals surface area contributed by atoms with Gasteiger partial charge < -0.3 is 14.4 Å². The van der Waals surface area contributed by atoms with Crippen LogP contribution in [-0.4, -0.2) is 47.0 Å². The Kier molecular flexibility index (Phi) is 6.26. The van der Waals surface area contributed by atoms with Gasteiger partial charge in [0, 0.05) is 12.6 Å². The smallest absolute Gasteiger partial charge is 0.348 e. The number of amides is 1. The number of nitrogens with zero attached hydrogens (tertiary/aromatic N) is 3. The number of anilines is 1. The molecule has 1 aromatic carbocycles. The zero-order valence-corrected chi connectivity index (χ0v) is 20.4. The number of likely N-dealkylation sites (N-methyl/N-ethyl adjacent to an activating group) is 1. The molecular weight excluding hydrogens is 458 g/mol. The molecule has 0 spiro atoms. The molecule has 1 aliphatic rings. The molecule has 0 radical (unpaired) electrons. The number of ether oxygens (including phenoxy) is 2. The average molecular weight is 484 g/mol. The molecule has 10 heteroatoms. The summed E-state index contributed by atoms with van der Waals surface area (Å²) < 4.78 is 12.1. The van der Waals surface area contributed by atoms with Crippen molar-refractivity contribution in [3.05, 3.63) is 50.9 Å². The number of hydrogen-bond acceptors (Lipinski definition) is 8. The maximum absolute atomic E-state index is 13.1. The van der Waals surface area contributed by atoms with Crippen LogP contribution in [0.4, 0.5) is 5.69 Å². The monoisotopic (exact) mass is 483 g/mol. The maximum atomic E-state index is 13.1. The third-order valence-corrected chi connectivity index (χ3v) is 6.77. The third kappa shape index (κ3) is 4.21. The van der Waals surface area contributed by atoms with Crippen LogP contribution in [-0.2, 0) is 16.1 Å². The first kappa shape index (κ1) is 23.6. The summed E-state index contributed by atoms with van der Waals surface area (Å²) in [6.45, 7) is 7.26. The Bertz CT molecular complexity index is 1370. The highest BCUT2D eigenvalue weighted by Crippen LogP contribution is 2.34. The molecule has 0 fully saturated rings. The predicted octanol–water partition coefficient (Wildman–Crippen LogP) is 3.21. The molecule has 0 N–H and O–H groups in total. The van der Waals surface area contributed by atoms with E-state index >= 15 is 0 Å². The van der Waals surface area contributed by atoms with E-state index in [2.05, 4.69) is 4.98 Å². The normalized spacial score (nSPS) is 15.4. The second kappa shape index (κ2) is 9.02. The number of esters is 1. The van der Waals surface area contributed by atoms with E-state index in [0.717, 1.165) is 11.3 Å². The van der Waals surface area contributed by atoms with Gasteiger partial charge in [0.1, 0.15) is 15.5 Å². The summed E-state index contributed by atoms with van der Waals surface area (Å²) in [5, 5.41) is 0.301. The van der Waals surface area contributed by atoms with Gasteiger partial charge in [-0.3, -0.25) is 19.0 Å². The molecule has 2 aromatic heterocycles. The number of ketones is 1. The van der Waals surface area contributed by atoms with Gasteiger partial charge in [-0.15, -0.1) is 11.3 Å². The molecule has 4 rings (SSSR count). The quantitative estimate of drug-likeness (QED) is 0.391. The van der Waals surface area contributed by atoms with Crippen molar-refractivity contribution in [1.82, 2.24) is 9.55 Å². The number of carbonyl (C=O) groups excluding carboxylic acids is 3. The maximum Gasteiger partial charge on any atom is 0.348 e. The fourth-order valence-electron chi connectivity index (χ4n) is 3.71. The summed E-state index contributed by atoms with van der Waals surface area (Å²) in [6.07, 6.45) is 0.706. The summed E-state index contributed by atoms with van der Waals surface area (Å²) in [5.41, 5.74) is 0.919. The molecule has 1 amide bonds. The third-order valence-electron chi connectivity index (χ3n) is 5.59. The molecule has 0 aliphatic carbocycles. The number of thiophene rings is 1. The molecular formula is C24H25N3O6S. The second-order valence-electron chi connectivity index (χ2n) is 8.67. The minimum Gasteiger partial charge on any atom is -0.479 e. The number of aromatic nitrogens is 2. The standard InChI is InChI=1S/C24H25N3O6S/c1-12(2)10-32-24(31)20-13(3)19-21(34-20)25-11-27(23(19)30)9-17(28)15-6-7-18-16(8-15)26(5)22(29)14(4)33-18/h6-8,11-12,14H,9-10H2,1-5H3. The molecule has 3 aromatic rings. The van der Waals surface area contributed by atoms with Crippen molar-refractivity contribution in [2.45, 2.75) is 40.3 Å². The molecule has 0 saturated carbocycles. The van der Waals surface area contributed by atoms with E-state index in [1.165, 1.54) is 15.8 Å². The molecule has 3 heterocycles. The number of carbonyl (C=O) groups is 3. The topological polar surface area (TPSA) is 108 Å². The second-order valence-corrected chi connectivity index (χ2v) is 9.67. The van der Waals surface area contributed by atoms with Crippen LogP contribution in [0, 0.1) is 12.8 Å². The van der Waals surface area contributed by atoms with Gasteiger partial charge in [-0.1, -0.05) is 13.8 Å². The number of aryl methyl sites for hydroxylation is 1. The Labute approximate surface area is 199 Å². The summed E-state index contributed by atoms with van der Waals surface area (Å²) in [6, 6.07) is 4.83. The van der Waals surface area contributed by atoms with Gasteiger partial charge in [0.25, 0.3) is 11.5 Å². The molecule has 9 nitrogen and oxygen atoms in total. The molecule has 178 valence electrons. The number of hydrogen-bond donors (Lipinski definition) is 0. The van der Waals surface area contributed by atoms with Crippen molar-refractivity contribution < 1.29 is 23.9 Å². The number of Topliss-reactive ketones (excluding diaryl/α,β-unsaturated/α-hetero) is 1. The first-order chi connectivity index (χ1) is 16.1. The minimum atomic E-state index is -0.600. The number of fused-ring (bicyclic) bond motifs is 2. The predicted molar refractivity (Wildman–Crippen MR) is 128 cm³/mol. The first-order valence-corrected chi connectivity index (χ1v) is 11.7.